The molecule has 0 bridgehead atoms. The monoisotopic (exact) mass is 320 g/mol. The molecule has 5 heteroatoms. The van der Waals surface area contributed by atoms with Crippen molar-refractivity contribution in [1.82, 2.24) is 0 Å². The van der Waals surface area contributed by atoms with Crippen LogP contribution >= 0.6 is 0 Å². The first kappa shape index (κ1) is 14.3. The topological polar surface area (TPSA) is 69.7 Å². The van der Waals surface area contributed by atoms with Crippen molar-refractivity contribution in [3.8, 4) is 17.1 Å². The molecule has 0 radical (unpaired) electrons. The Morgan fingerprint density at radius 2 is 1.62 bits per heavy atom. The van der Waals surface area contributed by atoms with Gasteiger partial charge in [-0.1, -0.05) is 0 Å². The van der Waals surface area contributed by atoms with Gasteiger partial charge in [-0.2, -0.15) is 0 Å². The molecule has 5 nitrogen and oxygen atoms in total. The number of hydrogen-bond acceptors (Lipinski definition) is 5. The minimum Gasteiger partial charge on any atom is -0.497 e. The summed E-state index contributed by atoms with van der Waals surface area (Å²) in [6.07, 6.45) is 0. The number of ether oxygens (including phenoxy) is 1. The minimum absolute atomic E-state index is 0.245. The number of methoxy groups -OCH3 is 1. The van der Waals surface area contributed by atoms with E-state index in [1.165, 1.54) is 12.1 Å². The molecule has 0 spiro atoms. The Hall–Kier alpha value is -3.34. The normalized spacial score (nSPS) is 11.0. The van der Waals surface area contributed by atoms with Crippen molar-refractivity contribution in [2.24, 2.45) is 0 Å². The smallest absolute Gasteiger partial charge is 0.336 e. The lowest BCUT2D eigenvalue weighted by atomic mass is 10.1. The van der Waals surface area contributed by atoms with Crippen LogP contribution in [-0.2, 0) is 0 Å². The third-order valence-electron chi connectivity index (χ3n) is 3.85. The van der Waals surface area contributed by atoms with Gasteiger partial charge < -0.3 is 13.6 Å². The number of benzene rings is 2. The lowest BCUT2D eigenvalue weighted by Gasteiger charge is -2.06. The summed E-state index contributed by atoms with van der Waals surface area (Å²) in [4.78, 5) is 24.1. The Labute approximate surface area is 135 Å². The molecule has 2 aromatic heterocycles. The van der Waals surface area contributed by atoms with Gasteiger partial charge in [-0.05, 0) is 42.5 Å². The Morgan fingerprint density at radius 3 is 2.38 bits per heavy atom. The summed E-state index contributed by atoms with van der Waals surface area (Å²) in [5.41, 5.74) is 0.602. The quantitative estimate of drug-likeness (QED) is 0.417. The molecule has 0 unspecified atom stereocenters. The maximum atomic E-state index is 12.6. The van der Waals surface area contributed by atoms with Gasteiger partial charge in [-0.15, -0.1) is 0 Å². The van der Waals surface area contributed by atoms with E-state index >= 15 is 0 Å². The standard InChI is InChI=1S/C19H12O5/c1-22-13-6-2-11(3-7-13)16-10-14(20)18-15(23-16)8-4-12-5-9-17(21)24-19(12)18/h2-10H,1H3. The van der Waals surface area contributed by atoms with E-state index in [0.29, 0.717) is 16.7 Å². The summed E-state index contributed by atoms with van der Waals surface area (Å²) in [6.45, 7) is 0. The summed E-state index contributed by atoms with van der Waals surface area (Å²) < 4.78 is 16.2. The molecule has 2 heterocycles. The van der Waals surface area contributed by atoms with Gasteiger partial charge in [0.15, 0.2) is 11.0 Å². The molecule has 0 N–H and O–H groups in total. The van der Waals surface area contributed by atoms with Crippen LogP contribution in [0.15, 0.2) is 73.0 Å². The van der Waals surface area contributed by atoms with E-state index in [4.69, 9.17) is 13.6 Å². The molecule has 0 fully saturated rings. The van der Waals surface area contributed by atoms with Crippen LogP contribution in [0.3, 0.4) is 0 Å². The van der Waals surface area contributed by atoms with Crippen molar-refractivity contribution in [1.29, 1.82) is 0 Å². The van der Waals surface area contributed by atoms with Crippen LogP contribution in [0.2, 0.25) is 0 Å². The van der Waals surface area contributed by atoms with Crippen molar-refractivity contribution in [2.75, 3.05) is 7.11 Å². The average molecular weight is 320 g/mol. The summed E-state index contributed by atoms with van der Waals surface area (Å²) in [5.74, 6) is 1.16. The van der Waals surface area contributed by atoms with Crippen molar-refractivity contribution in [3.63, 3.8) is 0 Å². The lowest BCUT2D eigenvalue weighted by molar-refractivity contribution is 0.415. The largest absolute Gasteiger partial charge is 0.497 e. The summed E-state index contributed by atoms with van der Waals surface area (Å²) in [6, 6.07) is 15.0. The minimum atomic E-state index is -0.506. The van der Waals surface area contributed by atoms with Gasteiger partial charge >= 0.3 is 5.63 Å². The Kier molecular flexibility index (Phi) is 3.20. The molecular formula is C19H12O5. The predicted octanol–water partition coefficient (Wildman–Crippen LogP) is 3.58. The third kappa shape index (κ3) is 2.27. The molecule has 0 atom stereocenters. The van der Waals surface area contributed by atoms with Crippen molar-refractivity contribution >= 4 is 21.9 Å². The molecule has 2 aromatic carbocycles. The fourth-order valence-electron chi connectivity index (χ4n) is 2.67. The zero-order chi connectivity index (χ0) is 16.7. The van der Waals surface area contributed by atoms with E-state index in [-0.39, 0.29) is 16.4 Å². The summed E-state index contributed by atoms with van der Waals surface area (Å²) >= 11 is 0. The molecule has 0 amide bonds. The van der Waals surface area contributed by atoms with Crippen LogP contribution in [0.25, 0.3) is 33.3 Å². The second kappa shape index (κ2) is 5.38. The highest BCUT2D eigenvalue weighted by Gasteiger charge is 2.12. The maximum Gasteiger partial charge on any atom is 0.336 e. The van der Waals surface area contributed by atoms with Gasteiger partial charge in [0.1, 0.15) is 22.5 Å². The van der Waals surface area contributed by atoms with Gasteiger partial charge in [0.2, 0.25) is 0 Å². The molecule has 118 valence electrons. The van der Waals surface area contributed by atoms with Crippen LogP contribution in [0, 0.1) is 0 Å². The van der Waals surface area contributed by atoms with Crippen molar-refractivity contribution in [3.05, 3.63) is 75.2 Å². The van der Waals surface area contributed by atoms with E-state index < -0.39 is 5.63 Å². The molecule has 0 saturated heterocycles. The van der Waals surface area contributed by atoms with E-state index in [1.54, 1.807) is 37.4 Å². The number of hydrogen-bond donors (Lipinski definition) is 0. The van der Waals surface area contributed by atoms with E-state index in [1.807, 2.05) is 12.1 Å². The third-order valence-corrected chi connectivity index (χ3v) is 3.85. The first-order valence-corrected chi connectivity index (χ1v) is 7.31. The van der Waals surface area contributed by atoms with Crippen LogP contribution in [-0.4, -0.2) is 7.11 Å². The number of rotatable bonds is 2. The highest BCUT2D eigenvalue weighted by molar-refractivity contribution is 6.01. The van der Waals surface area contributed by atoms with Gasteiger partial charge in [0, 0.05) is 23.1 Å². The summed E-state index contributed by atoms with van der Waals surface area (Å²) in [7, 11) is 1.59. The highest BCUT2D eigenvalue weighted by atomic mass is 16.5. The van der Waals surface area contributed by atoms with E-state index in [0.717, 1.165) is 11.3 Å². The predicted molar refractivity (Wildman–Crippen MR) is 90.5 cm³/mol. The molecule has 4 rings (SSSR count). The van der Waals surface area contributed by atoms with Crippen LogP contribution in [0.4, 0.5) is 0 Å². The average Bonchev–Trinajstić information content (AvgIpc) is 2.61. The molecular weight excluding hydrogens is 308 g/mol. The first-order chi connectivity index (χ1) is 11.7. The molecule has 0 aliphatic heterocycles. The Balaban J connectivity index is 1.99. The zero-order valence-electron chi connectivity index (χ0n) is 12.7. The van der Waals surface area contributed by atoms with Crippen LogP contribution < -0.4 is 15.8 Å². The van der Waals surface area contributed by atoms with Gasteiger partial charge in [-0.3, -0.25) is 4.79 Å². The fourth-order valence-corrected chi connectivity index (χ4v) is 2.67. The first-order valence-electron chi connectivity index (χ1n) is 7.31. The molecule has 4 aromatic rings. The maximum absolute atomic E-state index is 12.6. The number of fused-ring (bicyclic) bond motifs is 3. The second-order valence-corrected chi connectivity index (χ2v) is 5.31. The zero-order valence-corrected chi connectivity index (χ0v) is 12.7. The molecule has 0 aliphatic rings. The molecule has 0 aliphatic carbocycles. The SMILES string of the molecule is COc1ccc(-c2cc(=O)c3c(ccc4ccc(=O)oc43)o2)cc1. The molecule has 0 saturated carbocycles. The van der Waals surface area contributed by atoms with Gasteiger partial charge in [0.25, 0.3) is 0 Å². The van der Waals surface area contributed by atoms with Crippen LogP contribution in [0.1, 0.15) is 0 Å². The summed E-state index contributed by atoms with van der Waals surface area (Å²) in [5, 5.41) is 0.939. The lowest BCUT2D eigenvalue weighted by Crippen LogP contribution is -2.03. The second-order valence-electron chi connectivity index (χ2n) is 5.31. The van der Waals surface area contributed by atoms with Gasteiger partial charge in [0.05, 0.1) is 7.11 Å². The van der Waals surface area contributed by atoms with E-state index in [9.17, 15) is 9.59 Å². The molecule has 24 heavy (non-hydrogen) atoms. The highest BCUT2D eigenvalue weighted by Crippen LogP contribution is 2.27. The Morgan fingerprint density at radius 1 is 0.875 bits per heavy atom. The van der Waals surface area contributed by atoms with Crippen molar-refractivity contribution < 1.29 is 13.6 Å². The van der Waals surface area contributed by atoms with E-state index in [2.05, 4.69) is 0 Å². The van der Waals surface area contributed by atoms with Crippen molar-refractivity contribution in [2.45, 2.75) is 0 Å². The van der Waals surface area contributed by atoms with Gasteiger partial charge in [-0.25, -0.2) is 4.79 Å². The Bertz CT molecular complexity index is 1170. The fraction of sp³-hybridized carbons (Fsp3) is 0.0526. The van der Waals surface area contributed by atoms with Crippen LogP contribution in [0.5, 0.6) is 5.75 Å².